The van der Waals surface area contributed by atoms with Gasteiger partial charge in [-0.25, -0.2) is 0 Å². The fourth-order valence-corrected chi connectivity index (χ4v) is 21.0. The molecule has 0 fully saturated rings. The first-order chi connectivity index (χ1) is 13.6. The summed E-state index contributed by atoms with van der Waals surface area (Å²) in [5.41, 5.74) is 0. The second-order valence-corrected chi connectivity index (χ2v) is 28.7. The minimum atomic E-state index is -2.51. The molecule has 0 saturated heterocycles. The molecule has 0 heterocycles. The molecule has 29 heavy (non-hydrogen) atoms. The predicted molar refractivity (Wildman–Crippen MR) is 134 cm³/mol. The molecule has 0 aromatic heterocycles. The molecular formula is C24H52O3SiSn. The molecule has 3 nitrogen and oxygen atoms in total. The summed E-state index contributed by atoms with van der Waals surface area (Å²) in [5.74, 6) is 0. The van der Waals surface area contributed by atoms with Gasteiger partial charge in [0, 0.05) is 0 Å². The second-order valence-electron chi connectivity index (χ2n) is 10.2. The van der Waals surface area contributed by atoms with Gasteiger partial charge in [0.15, 0.2) is 0 Å². The number of ether oxygens (including phenoxy) is 2. The van der Waals surface area contributed by atoms with Crippen molar-refractivity contribution >= 4 is 26.7 Å². The molecule has 174 valence electrons. The monoisotopic (exact) mass is 536 g/mol. The van der Waals surface area contributed by atoms with Crippen molar-refractivity contribution in [2.45, 2.75) is 116 Å². The summed E-state index contributed by atoms with van der Waals surface area (Å²) < 4.78 is 22.7. The fraction of sp³-hybridized carbons (Fsp3) is 0.917. The summed E-state index contributed by atoms with van der Waals surface area (Å²) in [6, 6.07) is 0. The van der Waals surface area contributed by atoms with Crippen LogP contribution in [0.15, 0.2) is 12.2 Å². The zero-order chi connectivity index (χ0) is 22.4. The molecule has 1 atom stereocenters. The van der Waals surface area contributed by atoms with Crippen LogP contribution in [0.1, 0.15) is 80.1 Å². The van der Waals surface area contributed by atoms with Crippen LogP contribution in [0.25, 0.3) is 0 Å². The van der Waals surface area contributed by atoms with Crippen LogP contribution in [0.3, 0.4) is 0 Å². The maximum atomic E-state index is 6.39. The van der Waals surface area contributed by atoms with E-state index in [1.54, 1.807) is 7.11 Å². The fourth-order valence-electron chi connectivity index (χ4n) is 3.62. The summed E-state index contributed by atoms with van der Waals surface area (Å²) in [7, 11) is 0.0280. The Bertz CT molecular complexity index is 411. The molecule has 0 rings (SSSR count). The first kappa shape index (κ1) is 29.6. The third-order valence-corrected chi connectivity index (χ3v) is 27.2. The third-order valence-electron chi connectivity index (χ3n) is 6.71. The van der Waals surface area contributed by atoms with E-state index in [4.69, 9.17) is 13.9 Å². The van der Waals surface area contributed by atoms with Crippen molar-refractivity contribution in [2.75, 3.05) is 20.5 Å². The molecule has 0 aromatic rings. The van der Waals surface area contributed by atoms with Crippen molar-refractivity contribution in [3.63, 3.8) is 0 Å². The van der Waals surface area contributed by atoms with E-state index in [1.165, 1.54) is 51.8 Å². The average molecular weight is 535 g/mol. The molecule has 0 spiro atoms. The Morgan fingerprint density at radius 2 is 1.38 bits per heavy atom. The average Bonchev–Trinajstić information content (AvgIpc) is 2.66. The molecule has 0 radical (unpaired) electrons. The Morgan fingerprint density at radius 1 is 0.897 bits per heavy atom. The van der Waals surface area contributed by atoms with Crippen LogP contribution in [0, 0.1) is 0 Å². The summed E-state index contributed by atoms with van der Waals surface area (Å²) in [6.07, 6.45) is 12.5. The van der Waals surface area contributed by atoms with Crippen molar-refractivity contribution in [2.24, 2.45) is 0 Å². The number of hydrogen-bond acceptors (Lipinski definition) is 3. The van der Waals surface area contributed by atoms with Crippen LogP contribution < -0.4 is 0 Å². The van der Waals surface area contributed by atoms with Crippen molar-refractivity contribution in [1.29, 1.82) is 0 Å². The van der Waals surface area contributed by atoms with Crippen LogP contribution in [0.2, 0.25) is 31.4 Å². The van der Waals surface area contributed by atoms with E-state index in [9.17, 15) is 0 Å². The van der Waals surface area contributed by atoms with Crippen LogP contribution in [-0.2, 0) is 13.9 Å². The zero-order valence-corrected chi connectivity index (χ0v) is 25.1. The molecule has 0 aliphatic carbocycles. The first-order valence-corrected chi connectivity index (χ1v) is 22.6. The van der Waals surface area contributed by atoms with Gasteiger partial charge in [0.2, 0.25) is 0 Å². The Labute approximate surface area is 188 Å². The van der Waals surface area contributed by atoms with Crippen molar-refractivity contribution in [3.8, 4) is 0 Å². The third kappa shape index (κ3) is 11.2. The van der Waals surface area contributed by atoms with Crippen LogP contribution >= 0.6 is 0 Å². The summed E-state index contributed by atoms with van der Waals surface area (Å²) in [4.78, 5) is 0. The normalized spacial score (nSPS) is 14.7. The van der Waals surface area contributed by atoms with Gasteiger partial charge in [-0.05, 0) is 0 Å². The quantitative estimate of drug-likeness (QED) is 0.108. The van der Waals surface area contributed by atoms with E-state index < -0.39 is 26.7 Å². The molecule has 0 amide bonds. The van der Waals surface area contributed by atoms with E-state index in [-0.39, 0.29) is 5.04 Å². The summed E-state index contributed by atoms with van der Waals surface area (Å²) in [6.45, 7) is 19.6. The second kappa shape index (κ2) is 15.4. The van der Waals surface area contributed by atoms with Gasteiger partial charge < -0.3 is 0 Å². The molecule has 0 aliphatic rings. The summed E-state index contributed by atoms with van der Waals surface area (Å²) >= 11 is -2.51. The van der Waals surface area contributed by atoms with Crippen molar-refractivity contribution in [1.82, 2.24) is 0 Å². The van der Waals surface area contributed by atoms with Gasteiger partial charge in [-0.2, -0.15) is 0 Å². The Balaban J connectivity index is 5.49. The topological polar surface area (TPSA) is 27.7 Å². The Kier molecular flexibility index (Phi) is 15.8. The maximum absolute atomic E-state index is 6.39. The van der Waals surface area contributed by atoms with Gasteiger partial charge in [0.25, 0.3) is 0 Å². The number of hydrogen-bond donors (Lipinski definition) is 0. The molecular weight excluding hydrogens is 483 g/mol. The standard InChI is InChI=1S/C12H25O3Si.3C4H9.Sn/c1-12(2,3)16(5,6)15-10-8-7-9-14-11-13-4;3*1-3-4-2;/h7-9H,10-11H2,1-6H3;3*1,3-4H2,2H3;/b8-7+;;;;. The first-order valence-electron chi connectivity index (χ1n) is 12.0. The van der Waals surface area contributed by atoms with E-state index in [0.29, 0.717) is 17.5 Å². The van der Waals surface area contributed by atoms with Gasteiger partial charge >= 0.3 is 189 Å². The SMILES string of the molecule is CCC[CH2][Sn]([CH2]CCC)([CH2]CCC)[C@@H](/C=C/CO[Si](C)(C)C(C)(C)C)OCOC. The van der Waals surface area contributed by atoms with E-state index in [0.717, 1.165) is 0 Å². The Hall–Kier alpha value is 0.636. The molecule has 0 aliphatic heterocycles. The molecule has 0 aromatic carbocycles. The molecule has 0 N–H and O–H groups in total. The van der Waals surface area contributed by atoms with Crippen molar-refractivity contribution in [3.05, 3.63) is 12.2 Å². The number of unbranched alkanes of at least 4 members (excludes halogenated alkanes) is 3. The summed E-state index contributed by atoms with van der Waals surface area (Å²) in [5, 5.41) is 0.249. The van der Waals surface area contributed by atoms with Gasteiger partial charge in [-0.1, -0.05) is 0 Å². The molecule has 0 saturated carbocycles. The van der Waals surface area contributed by atoms with E-state index >= 15 is 0 Å². The molecule has 0 bridgehead atoms. The van der Waals surface area contributed by atoms with Gasteiger partial charge in [-0.15, -0.1) is 0 Å². The van der Waals surface area contributed by atoms with Crippen LogP contribution in [-0.4, -0.2) is 51.3 Å². The van der Waals surface area contributed by atoms with Crippen molar-refractivity contribution < 1.29 is 13.9 Å². The number of methoxy groups -OCH3 is 1. The van der Waals surface area contributed by atoms with E-state index in [2.05, 4.69) is 66.8 Å². The van der Waals surface area contributed by atoms with Gasteiger partial charge in [0.1, 0.15) is 0 Å². The van der Waals surface area contributed by atoms with E-state index in [1.807, 2.05) is 0 Å². The van der Waals surface area contributed by atoms with Gasteiger partial charge in [0.05, 0.1) is 0 Å². The Morgan fingerprint density at radius 3 is 1.76 bits per heavy atom. The van der Waals surface area contributed by atoms with Gasteiger partial charge in [-0.3, -0.25) is 0 Å². The number of rotatable bonds is 17. The molecule has 5 heteroatoms. The molecule has 0 unspecified atom stereocenters. The zero-order valence-electron chi connectivity index (χ0n) is 21.2. The van der Waals surface area contributed by atoms with Crippen LogP contribution in [0.5, 0.6) is 0 Å². The minimum absolute atomic E-state index is 0.249. The van der Waals surface area contributed by atoms with Crippen LogP contribution in [0.4, 0.5) is 0 Å². The predicted octanol–water partition coefficient (Wildman–Crippen LogP) is 7.94.